The molecule has 0 atom stereocenters. The van der Waals surface area contributed by atoms with Gasteiger partial charge in [0.1, 0.15) is 5.76 Å². The molecular formula is C15H17NO2. The maximum absolute atomic E-state index is 9.19. The average molecular weight is 243 g/mol. The van der Waals surface area contributed by atoms with E-state index in [4.69, 9.17) is 4.42 Å². The molecule has 18 heavy (non-hydrogen) atoms. The van der Waals surface area contributed by atoms with Crippen LogP contribution in [0.5, 0.6) is 0 Å². The number of aliphatic hydroxyl groups excluding tert-OH is 1. The zero-order valence-electron chi connectivity index (χ0n) is 10.2. The van der Waals surface area contributed by atoms with Gasteiger partial charge in [-0.1, -0.05) is 30.3 Å². The molecular weight excluding hydrogens is 226 g/mol. The van der Waals surface area contributed by atoms with Gasteiger partial charge in [0.2, 0.25) is 0 Å². The van der Waals surface area contributed by atoms with E-state index in [9.17, 15) is 5.11 Å². The van der Waals surface area contributed by atoms with E-state index in [0.717, 1.165) is 30.0 Å². The fourth-order valence-corrected chi connectivity index (χ4v) is 1.74. The molecule has 1 aromatic heterocycles. The van der Waals surface area contributed by atoms with Crippen molar-refractivity contribution in [2.75, 3.05) is 6.54 Å². The van der Waals surface area contributed by atoms with Crippen molar-refractivity contribution in [1.82, 2.24) is 5.32 Å². The van der Waals surface area contributed by atoms with Gasteiger partial charge in [0.25, 0.3) is 0 Å². The zero-order chi connectivity index (χ0) is 12.6. The summed E-state index contributed by atoms with van der Waals surface area (Å²) in [6.07, 6.45) is 5.61. The van der Waals surface area contributed by atoms with Crippen LogP contribution in [0, 0.1) is 0 Å². The molecule has 0 fully saturated rings. The van der Waals surface area contributed by atoms with E-state index in [2.05, 4.69) is 5.32 Å². The Labute approximate surface area is 107 Å². The molecule has 0 saturated heterocycles. The van der Waals surface area contributed by atoms with Gasteiger partial charge in [-0.05, 0) is 29.3 Å². The summed E-state index contributed by atoms with van der Waals surface area (Å²) >= 11 is 0. The van der Waals surface area contributed by atoms with Gasteiger partial charge in [0.15, 0.2) is 0 Å². The Balaban J connectivity index is 1.78. The maximum Gasteiger partial charge on any atom is 0.126 e. The number of aliphatic hydroxyl groups is 1. The molecule has 2 aromatic rings. The first-order valence-corrected chi connectivity index (χ1v) is 5.98. The van der Waals surface area contributed by atoms with Crippen molar-refractivity contribution >= 4 is 6.08 Å². The lowest BCUT2D eigenvalue weighted by atomic mass is 10.1. The van der Waals surface area contributed by atoms with Crippen molar-refractivity contribution in [1.29, 1.82) is 0 Å². The number of hydrogen-bond donors (Lipinski definition) is 2. The van der Waals surface area contributed by atoms with Crippen molar-refractivity contribution < 1.29 is 9.52 Å². The lowest BCUT2D eigenvalue weighted by Crippen LogP contribution is -2.14. The lowest BCUT2D eigenvalue weighted by Gasteiger charge is -2.06. The van der Waals surface area contributed by atoms with Crippen molar-refractivity contribution in [3.05, 3.63) is 65.6 Å². The van der Waals surface area contributed by atoms with E-state index < -0.39 is 0 Å². The standard InChI is InChI=1S/C15H17NO2/c17-12-14-6-2-1-5-13(14)11-16-9-3-7-15-8-4-10-18-15/h1-8,10,16-17H,9,11-12H2/b7-3+. The summed E-state index contributed by atoms with van der Waals surface area (Å²) in [6.45, 7) is 1.60. The molecule has 0 spiro atoms. The Kier molecular flexibility index (Phi) is 4.76. The van der Waals surface area contributed by atoms with Crippen LogP contribution in [0.1, 0.15) is 16.9 Å². The van der Waals surface area contributed by atoms with E-state index in [1.165, 1.54) is 0 Å². The van der Waals surface area contributed by atoms with Crippen LogP contribution in [0.25, 0.3) is 6.08 Å². The highest BCUT2D eigenvalue weighted by molar-refractivity contribution is 5.42. The largest absolute Gasteiger partial charge is 0.465 e. The van der Waals surface area contributed by atoms with Crippen LogP contribution in [-0.2, 0) is 13.2 Å². The number of nitrogens with one attached hydrogen (secondary N) is 1. The summed E-state index contributed by atoms with van der Waals surface area (Å²) in [4.78, 5) is 0. The molecule has 2 N–H and O–H groups in total. The van der Waals surface area contributed by atoms with Gasteiger partial charge in [0, 0.05) is 13.1 Å². The van der Waals surface area contributed by atoms with Crippen LogP contribution in [0.3, 0.4) is 0 Å². The second kappa shape index (κ2) is 6.79. The van der Waals surface area contributed by atoms with Crippen LogP contribution in [0.2, 0.25) is 0 Å². The van der Waals surface area contributed by atoms with Crippen molar-refractivity contribution in [2.24, 2.45) is 0 Å². The topological polar surface area (TPSA) is 45.4 Å². The monoisotopic (exact) mass is 243 g/mol. The normalized spacial score (nSPS) is 11.2. The molecule has 0 aliphatic heterocycles. The smallest absolute Gasteiger partial charge is 0.126 e. The van der Waals surface area contributed by atoms with E-state index in [1.54, 1.807) is 6.26 Å². The third-order valence-electron chi connectivity index (χ3n) is 2.69. The predicted molar refractivity (Wildman–Crippen MR) is 71.8 cm³/mol. The second-order valence-corrected chi connectivity index (χ2v) is 3.98. The molecule has 0 aliphatic carbocycles. The summed E-state index contributed by atoms with van der Waals surface area (Å²) in [7, 11) is 0. The summed E-state index contributed by atoms with van der Waals surface area (Å²) in [5.74, 6) is 0.854. The number of benzene rings is 1. The first-order valence-electron chi connectivity index (χ1n) is 5.98. The summed E-state index contributed by atoms with van der Waals surface area (Å²) < 4.78 is 5.19. The van der Waals surface area contributed by atoms with Gasteiger partial charge in [0.05, 0.1) is 12.9 Å². The van der Waals surface area contributed by atoms with Crippen LogP contribution in [0.15, 0.2) is 53.2 Å². The average Bonchev–Trinajstić information content (AvgIpc) is 2.92. The molecule has 0 saturated carbocycles. The number of furan rings is 1. The van der Waals surface area contributed by atoms with Gasteiger partial charge >= 0.3 is 0 Å². The highest BCUT2D eigenvalue weighted by atomic mass is 16.3. The van der Waals surface area contributed by atoms with Gasteiger partial charge in [-0.3, -0.25) is 0 Å². The highest BCUT2D eigenvalue weighted by Gasteiger charge is 1.98. The van der Waals surface area contributed by atoms with Crippen molar-refractivity contribution in [3.63, 3.8) is 0 Å². The summed E-state index contributed by atoms with van der Waals surface area (Å²) in [6, 6.07) is 11.7. The van der Waals surface area contributed by atoms with Crippen LogP contribution in [-0.4, -0.2) is 11.7 Å². The fraction of sp³-hybridized carbons (Fsp3) is 0.200. The van der Waals surface area contributed by atoms with Crippen LogP contribution < -0.4 is 5.32 Å². The van der Waals surface area contributed by atoms with E-state index in [1.807, 2.05) is 48.6 Å². The zero-order valence-corrected chi connectivity index (χ0v) is 10.2. The molecule has 1 heterocycles. The Hall–Kier alpha value is -1.84. The number of rotatable bonds is 6. The third kappa shape index (κ3) is 3.58. The fourth-order valence-electron chi connectivity index (χ4n) is 1.74. The Morgan fingerprint density at radius 1 is 1.11 bits per heavy atom. The van der Waals surface area contributed by atoms with Gasteiger partial charge in [-0.2, -0.15) is 0 Å². The van der Waals surface area contributed by atoms with Gasteiger partial charge < -0.3 is 14.8 Å². The lowest BCUT2D eigenvalue weighted by molar-refractivity contribution is 0.280. The van der Waals surface area contributed by atoms with E-state index >= 15 is 0 Å². The number of hydrogen-bond acceptors (Lipinski definition) is 3. The predicted octanol–water partition coefficient (Wildman–Crippen LogP) is 2.57. The minimum Gasteiger partial charge on any atom is -0.465 e. The molecule has 0 unspecified atom stereocenters. The minimum absolute atomic E-state index is 0.0834. The first kappa shape index (κ1) is 12.6. The molecule has 1 aromatic carbocycles. The molecule has 0 bridgehead atoms. The molecule has 0 radical (unpaired) electrons. The van der Waals surface area contributed by atoms with Gasteiger partial charge in [-0.25, -0.2) is 0 Å². The Morgan fingerprint density at radius 2 is 1.94 bits per heavy atom. The van der Waals surface area contributed by atoms with Crippen molar-refractivity contribution in [2.45, 2.75) is 13.2 Å². The Bertz CT molecular complexity index is 489. The molecule has 3 heteroatoms. The van der Waals surface area contributed by atoms with Gasteiger partial charge in [-0.15, -0.1) is 0 Å². The Morgan fingerprint density at radius 3 is 2.67 bits per heavy atom. The first-order chi connectivity index (χ1) is 8.90. The van der Waals surface area contributed by atoms with Crippen LogP contribution in [0.4, 0.5) is 0 Å². The van der Waals surface area contributed by atoms with Crippen molar-refractivity contribution in [3.8, 4) is 0 Å². The third-order valence-corrected chi connectivity index (χ3v) is 2.69. The SMILES string of the molecule is OCc1ccccc1CNC/C=C/c1ccco1. The van der Waals surface area contributed by atoms with E-state index in [-0.39, 0.29) is 6.61 Å². The molecule has 2 rings (SSSR count). The van der Waals surface area contributed by atoms with Crippen LogP contribution >= 0.6 is 0 Å². The molecule has 0 aliphatic rings. The van der Waals surface area contributed by atoms with E-state index in [0.29, 0.717) is 0 Å². The summed E-state index contributed by atoms with van der Waals surface area (Å²) in [5, 5.41) is 12.5. The highest BCUT2D eigenvalue weighted by Crippen LogP contribution is 2.08. The molecule has 94 valence electrons. The second-order valence-electron chi connectivity index (χ2n) is 3.98. The maximum atomic E-state index is 9.19. The minimum atomic E-state index is 0.0834. The molecule has 3 nitrogen and oxygen atoms in total. The summed E-state index contributed by atoms with van der Waals surface area (Å²) in [5.41, 5.74) is 2.10. The quantitative estimate of drug-likeness (QED) is 0.766. The molecule has 0 amide bonds.